The van der Waals surface area contributed by atoms with Crippen molar-refractivity contribution in [3.05, 3.63) is 56.9 Å². The second-order valence-electron chi connectivity index (χ2n) is 13.9. The number of nitrogens with two attached hydrogens (primary N) is 1. The number of hydrogen-bond acceptors (Lipinski definition) is 10. The van der Waals surface area contributed by atoms with Crippen molar-refractivity contribution in [2.45, 2.75) is 110 Å². The highest BCUT2D eigenvalue weighted by Crippen LogP contribution is 2.42. The van der Waals surface area contributed by atoms with Gasteiger partial charge in [0, 0.05) is 42.6 Å². The van der Waals surface area contributed by atoms with Crippen LogP contribution in [-0.2, 0) is 53.8 Å². The second kappa shape index (κ2) is 16.6. The zero-order chi connectivity index (χ0) is 39.3. The smallest absolute Gasteiger partial charge is 0.411 e. The lowest BCUT2D eigenvalue weighted by Gasteiger charge is -2.37. The van der Waals surface area contributed by atoms with Gasteiger partial charge in [-0.2, -0.15) is 0 Å². The number of aliphatic imine (C=N–C) groups is 1. The number of aromatic nitrogens is 2. The first kappa shape index (κ1) is 39.6. The number of benzene rings is 1. The predicted octanol–water partition coefficient (Wildman–Crippen LogP) is 4.13. The van der Waals surface area contributed by atoms with Gasteiger partial charge in [0.25, 0.3) is 11.5 Å². The van der Waals surface area contributed by atoms with Crippen molar-refractivity contribution in [3.63, 3.8) is 0 Å². The molecule has 0 saturated heterocycles. The molecule has 1 aromatic carbocycles. The fourth-order valence-corrected chi connectivity index (χ4v) is 7.20. The zero-order valence-corrected chi connectivity index (χ0v) is 31.5. The van der Waals surface area contributed by atoms with Gasteiger partial charge in [0.15, 0.2) is 0 Å². The maximum Gasteiger partial charge on any atom is 0.411 e. The summed E-state index contributed by atoms with van der Waals surface area (Å²) in [5, 5.41) is 13.6. The lowest BCUT2D eigenvalue weighted by atomic mass is 9.85. The van der Waals surface area contributed by atoms with E-state index in [-0.39, 0.29) is 55.1 Å². The van der Waals surface area contributed by atoms with Crippen molar-refractivity contribution in [2.24, 2.45) is 10.7 Å². The molecule has 2 aliphatic heterocycles. The second-order valence-corrected chi connectivity index (χ2v) is 13.9. The number of fused-ring (bicyclic) bond motifs is 5. The molecule has 15 heteroatoms. The lowest BCUT2D eigenvalue weighted by Crippen LogP contribution is -2.51. The van der Waals surface area contributed by atoms with Crippen LogP contribution in [0, 0.1) is 0 Å². The number of nitrogens with zero attached hydrogens (tertiary/aromatic N) is 4. The number of esters is 1. The summed E-state index contributed by atoms with van der Waals surface area (Å²) in [5.74, 6) is -2.87. The van der Waals surface area contributed by atoms with E-state index in [0.717, 1.165) is 47.1 Å². The Morgan fingerprint density at radius 2 is 1.85 bits per heavy atom. The van der Waals surface area contributed by atoms with Crippen LogP contribution in [-0.4, -0.2) is 74.7 Å². The fourth-order valence-electron chi connectivity index (χ4n) is 7.20. The molecule has 2 atom stereocenters. The summed E-state index contributed by atoms with van der Waals surface area (Å²) in [7, 11) is 1.41. The van der Waals surface area contributed by atoms with E-state index >= 15 is 0 Å². The molecule has 2 aromatic heterocycles. The molecule has 15 nitrogen and oxygen atoms in total. The minimum Gasteiger partial charge on any atom is -0.508 e. The van der Waals surface area contributed by atoms with Gasteiger partial charge in [-0.15, -0.1) is 0 Å². The molecule has 0 aliphatic carbocycles. The molecule has 4 N–H and O–H groups in total. The number of aryl methyl sites for hydroxylation is 1. The summed E-state index contributed by atoms with van der Waals surface area (Å²) in [5.41, 5.74) is 6.46. The maximum absolute atomic E-state index is 14.0. The van der Waals surface area contributed by atoms with Gasteiger partial charge in [-0.1, -0.05) is 46.5 Å². The van der Waals surface area contributed by atoms with Crippen LogP contribution >= 0.6 is 0 Å². The van der Waals surface area contributed by atoms with Crippen LogP contribution < -0.4 is 16.6 Å². The highest BCUT2D eigenvalue weighted by Gasteiger charge is 2.51. The molecule has 0 unspecified atom stereocenters. The summed E-state index contributed by atoms with van der Waals surface area (Å²) < 4.78 is 13.0. The van der Waals surface area contributed by atoms with Gasteiger partial charge in [-0.25, -0.2) is 19.6 Å². The Hall–Kier alpha value is -5.60. The normalized spacial score (nSPS) is 16.5. The van der Waals surface area contributed by atoms with Crippen LogP contribution in [0.4, 0.5) is 4.79 Å². The summed E-state index contributed by atoms with van der Waals surface area (Å²) in [6, 6.07) is 5.86. The minimum absolute atomic E-state index is 0.0509. The Labute approximate surface area is 312 Å². The van der Waals surface area contributed by atoms with Crippen LogP contribution in [0.15, 0.2) is 34.1 Å². The first-order valence-electron chi connectivity index (χ1n) is 18.5. The van der Waals surface area contributed by atoms with E-state index in [1.807, 2.05) is 6.92 Å². The third kappa shape index (κ3) is 7.99. The van der Waals surface area contributed by atoms with E-state index in [4.69, 9.17) is 20.2 Å². The third-order valence-electron chi connectivity index (χ3n) is 9.97. The lowest BCUT2D eigenvalue weighted by molar-refractivity contribution is -0.173. The number of unbranched alkanes of at least 4 members (excludes halogenated alkanes) is 4. The van der Waals surface area contributed by atoms with Gasteiger partial charge in [0.05, 0.1) is 35.4 Å². The Balaban J connectivity index is 1.36. The van der Waals surface area contributed by atoms with Crippen LogP contribution in [0.25, 0.3) is 22.3 Å². The van der Waals surface area contributed by atoms with Crippen molar-refractivity contribution in [1.82, 2.24) is 19.8 Å². The first-order valence-corrected chi connectivity index (χ1v) is 18.5. The molecular formula is C39H48N6O9. The SMILES string of the molecule is CCCCCCCC(=O)/N=C(\CC(N)=O)C(=O)N[C@@H](C)CN(C)C(=O)O[C@]1(CC)C(=O)OCc2c1cc1n(c2=O)Cc2c-1nc1ccc(O)cc1c2CC. The number of phenolic OH excluding ortho intramolecular Hbond substituents is 1. The van der Waals surface area contributed by atoms with E-state index in [1.165, 1.54) is 7.05 Å². The largest absolute Gasteiger partial charge is 0.508 e. The molecule has 0 saturated carbocycles. The van der Waals surface area contributed by atoms with E-state index in [2.05, 4.69) is 17.2 Å². The van der Waals surface area contributed by atoms with Crippen molar-refractivity contribution in [2.75, 3.05) is 13.6 Å². The molecule has 2 aliphatic rings. The number of pyridine rings is 2. The van der Waals surface area contributed by atoms with Crippen LogP contribution in [0.2, 0.25) is 0 Å². The number of phenols is 1. The Morgan fingerprint density at radius 3 is 2.54 bits per heavy atom. The molecular weight excluding hydrogens is 696 g/mol. The quantitative estimate of drug-likeness (QED) is 0.0899. The third-order valence-corrected chi connectivity index (χ3v) is 9.97. The number of carbonyl (C=O) groups excluding carboxylic acids is 5. The summed E-state index contributed by atoms with van der Waals surface area (Å²) in [6.07, 6.45) is 3.80. The topological polar surface area (TPSA) is 213 Å². The number of nitrogens with one attached hydrogen (secondary N) is 1. The number of primary amides is 1. The Bertz CT molecular complexity index is 2090. The van der Waals surface area contributed by atoms with Crippen molar-refractivity contribution in [1.29, 1.82) is 0 Å². The highest BCUT2D eigenvalue weighted by molar-refractivity contribution is 6.43. The Kier molecular flexibility index (Phi) is 12.2. The Morgan fingerprint density at radius 1 is 1.11 bits per heavy atom. The number of amides is 4. The number of ether oxygens (including phenoxy) is 2. The van der Waals surface area contributed by atoms with Crippen LogP contribution in [0.5, 0.6) is 5.75 Å². The summed E-state index contributed by atoms with van der Waals surface area (Å²) >= 11 is 0. The molecule has 4 amide bonds. The van der Waals surface area contributed by atoms with E-state index in [9.17, 15) is 33.9 Å². The van der Waals surface area contributed by atoms with Gasteiger partial charge in [-0.3, -0.25) is 19.2 Å². The molecule has 5 rings (SSSR count). The van der Waals surface area contributed by atoms with Crippen molar-refractivity contribution >= 4 is 46.4 Å². The van der Waals surface area contributed by atoms with Gasteiger partial charge < -0.3 is 35.1 Å². The zero-order valence-electron chi connectivity index (χ0n) is 31.5. The standard InChI is InChI=1S/C39H48N6O9/c1-6-9-10-11-12-13-33(48)42-30(18-32(40)47)35(49)41-22(4)19-44(5)38(52)54-39(8-3)28-17-31-34-26(20-45(31)36(50)27(28)21-53-37(39)51)24(7-2)25-16-23(46)14-15-29(25)43-34/h14-17,22,46H,6-13,18-21H2,1-5H3,(H2,40,47)(H,41,49)/b42-30+/t22-,39-/m0/s1. The summed E-state index contributed by atoms with van der Waals surface area (Å²) in [6.45, 7) is 7.14. The number of aromatic hydroxyl groups is 1. The molecule has 288 valence electrons. The predicted molar refractivity (Wildman–Crippen MR) is 200 cm³/mol. The number of rotatable bonds is 15. The molecule has 54 heavy (non-hydrogen) atoms. The number of likely N-dealkylation sites (N-methyl/N-ethyl adjacent to an activating group) is 1. The van der Waals surface area contributed by atoms with E-state index in [0.29, 0.717) is 29.7 Å². The molecule has 0 radical (unpaired) electrons. The van der Waals surface area contributed by atoms with Gasteiger partial charge in [0.1, 0.15) is 18.1 Å². The van der Waals surface area contributed by atoms with Crippen molar-refractivity contribution < 1.29 is 38.6 Å². The van der Waals surface area contributed by atoms with Crippen LogP contribution in [0.3, 0.4) is 0 Å². The van der Waals surface area contributed by atoms with Crippen LogP contribution in [0.1, 0.15) is 101 Å². The number of hydrogen-bond donors (Lipinski definition) is 3. The van der Waals surface area contributed by atoms with Crippen molar-refractivity contribution in [3.8, 4) is 17.1 Å². The average molecular weight is 745 g/mol. The molecule has 0 bridgehead atoms. The van der Waals surface area contributed by atoms with Gasteiger partial charge >= 0.3 is 12.1 Å². The molecule has 0 fully saturated rings. The molecule has 0 spiro atoms. The average Bonchev–Trinajstić information content (AvgIpc) is 3.49. The van der Waals surface area contributed by atoms with E-state index < -0.39 is 53.4 Å². The minimum atomic E-state index is -1.96. The maximum atomic E-state index is 14.0. The monoisotopic (exact) mass is 744 g/mol. The molecule has 4 heterocycles. The van der Waals surface area contributed by atoms with Gasteiger partial charge in [0.2, 0.25) is 17.4 Å². The first-order chi connectivity index (χ1) is 25.7. The highest BCUT2D eigenvalue weighted by atomic mass is 16.6. The fraction of sp³-hybridized carbons (Fsp3) is 0.487. The molecule has 3 aromatic rings. The number of cyclic esters (lactones) is 1. The summed E-state index contributed by atoms with van der Waals surface area (Å²) in [4.78, 5) is 88.4. The number of carbonyl (C=O) groups is 5. The van der Waals surface area contributed by atoms with Gasteiger partial charge in [-0.05, 0) is 56.0 Å². The van der Waals surface area contributed by atoms with E-state index in [1.54, 1.807) is 42.7 Å².